The number of carbonyl (C=O) groups excluding carboxylic acids is 1. The van der Waals surface area contributed by atoms with E-state index in [-0.39, 0.29) is 18.2 Å². The average Bonchev–Trinajstić information content (AvgIpc) is 2.18. The predicted octanol–water partition coefficient (Wildman–Crippen LogP) is 2.12. The molecule has 1 aliphatic rings. The first kappa shape index (κ1) is 10.7. The molecule has 2 N–H and O–H groups in total. The first-order chi connectivity index (χ1) is 6.27. The van der Waals surface area contributed by atoms with Gasteiger partial charge in [0, 0.05) is 5.92 Å². The third-order valence-corrected chi connectivity index (χ3v) is 3.20. The van der Waals surface area contributed by atoms with Crippen molar-refractivity contribution in [3.8, 4) is 0 Å². The Bertz CT molecular complexity index is 159. The second-order valence-electron chi connectivity index (χ2n) is 4.18. The van der Waals surface area contributed by atoms with Gasteiger partial charge in [-0.3, -0.25) is 4.79 Å². The molecule has 0 spiro atoms. The first-order valence-corrected chi connectivity index (χ1v) is 5.50. The lowest BCUT2D eigenvalue weighted by Gasteiger charge is -2.27. The number of hydrogen-bond donors (Lipinski definition) is 1. The normalized spacial score (nSPS) is 28.8. The van der Waals surface area contributed by atoms with Gasteiger partial charge in [0.2, 0.25) is 0 Å². The first-order valence-electron chi connectivity index (χ1n) is 5.50. The summed E-state index contributed by atoms with van der Waals surface area (Å²) in [6.07, 6.45) is 7.26. The zero-order valence-corrected chi connectivity index (χ0v) is 8.59. The topological polar surface area (TPSA) is 43.1 Å². The number of rotatable bonds is 4. The van der Waals surface area contributed by atoms with Crippen LogP contribution in [0.4, 0.5) is 0 Å². The molecular formula is C11H21NO. The van der Waals surface area contributed by atoms with Gasteiger partial charge in [-0.25, -0.2) is 0 Å². The van der Waals surface area contributed by atoms with Crippen molar-refractivity contribution >= 4 is 5.78 Å². The largest absolute Gasteiger partial charge is 0.324 e. The van der Waals surface area contributed by atoms with Gasteiger partial charge in [0.1, 0.15) is 5.78 Å². The number of hydrogen-bond acceptors (Lipinski definition) is 2. The van der Waals surface area contributed by atoms with Crippen molar-refractivity contribution in [2.45, 2.75) is 45.4 Å². The molecule has 76 valence electrons. The van der Waals surface area contributed by atoms with Crippen LogP contribution < -0.4 is 5.73 Å². The summed E-state index contributed by atoms with van der Waals surface area (Å²) in [6.45, 7) is 2.47. The predicted molar refractivity (Wildman–Crippen MR) is 54.4 cm³/mol. The summed E-state index contributed by atoms with van der Waals surface area (Å²) in [7, 11) is 0. The molecule has 1 aliphatic carbocycles. The summed E-state index contributed by atoms with van der Waals surface area (Å²) in [5.41, 5.74) is 5.35. The fourth-order valence-electron chi connectivity index (χ4n) is 2.35. The Morgan fingerprint density at radius 2 is 1.92 bits per heavy atom. The van der Waals surface area contributed by atoms with Crippen LogP contribution in [0.15, 0.2) is 0 Å². The van der Waals surface area contributed by atoms with Crippen molar-refractivity contribution in [3.63, 3.8) is 0 Å². The van der Waals surface area contributed by atoms with Gasteiger partial charge in [-0.1, -0.05) is 19.8 Å². The van der Waals surface area contributed by atoms with Crippen molar-refractivity contribution in [2.24, 2.45) is 17.6 Å². The van der Waals surface area contributed by atoms with E-state index in [4.69, 9.17) is 5.73 Å². The van der Waals surface area contributed by atoms with E-state index in [0.717, 1.165) is 18.8 Å². The van der Waals surface area contributed by atoms with Gasteiger partial charge >= 0.3 is 0 Å². The second kappa shape index (κ2) is 5.38. The van der Waals surface area contributed by atoms with Gasteiger partial charge in [0.05, 0.1) is 6.54 Å². The molecular weight excluding hydrogens is 162 g/mol. The summed E-state index contributed by atoms with van der Waals surface area (Å²) in [5, 5.41) is 0. The highest BCUT2D eigenvalue weighted by Gasteiger charge is 2.24. The Labute approximate surface area is 80.9 Å². The lowest BCUT2D eigenvalue weighted by molar-refractivity contribution is -0.122. The third kappa shape index (κ3) is 3.11. The Hall–Kier alpha value is -0.370. The molecule has 1 rings (SSSR count). The molecule has 0 aromatic heterocycles. The quantitative estimate of drug-likeness (QED) is 0.725. The Kier molecular flexibility index (Phi) is 4.43. The van der Waals surface area contributed by atoms with Crippen LogP contribution in [0.1, 0.15) is 45.4 Å². The molecule has 2 nitrogen and oxygen atoms in total. The molecule has 0 radical (unpaired) electrons. The molecule has 1 saturated carbocycles. The Balaban J connectivity index is 2.26. The van der Waals surface area contributed by atoms with E-state index in [9.17, 15) is 4.79 Å². The molecule has 1 fully saturated rings. The molecule has 0 saturated heterocycles. The van der Waals surface area contributed by atoms with E-state index in [1.165, 1.54) is 25.7 Å². The highest BCUT2D eigenvalue weighted by molar-refractivity contribution is 5.82. The smallest absolute Gasteiger partial charge is 0.149 e. The van der Waals surface area contributed by atoms with E-state index in [1.807, 2.05) is 0 Å². The minimum atomic E-state index is 0.239. The summed E-state index contributed by atoms with van der Waals surface area (Å²) in [5.74, 6) is 1.44. The molecule has 0 amide bonds. The third-order valence-electron chi connectivity index (χ3n) is 3.20. The molecule has 2 heteroatoms. The summed E-state index contributed by atoms with van der Waals surface area (Å²) in [6, 6.07) is 0. The molecule has 0 aromatic rings. The van der Waals surface area contributed by atoms with Gasteiger partial charge in [0.25, 0.3) is 0 Å². The fraction of sp³-hybridized carbons (Fsp3) is 0.909. The second-order valence-corrected chi connectivity index (χ2v) is 4.18. The number of carbonyl (C=O) groups is 1. The van der Waals surface area contributed by atoms with Crippen LogP contribution in [-0.4, -0.2) is 12.3 Å². The molecule has 0 atom stereocenters. The molecule has 0 aliphatic heterocycles. The zero-order chi connectivity index (χ0) is 9.68. The van der Waals surface area contributed by atoms with Crippen LogP contribution >= 0.6 is 0 Å². The lowest BCUT2D eigenvalue weighted by atomic mass is 9.78. The zero-order valence-electron chi connectivity index (χ0n) is 8.59. The van der Waals surface area contributed by atoms with Crippen LogP contribution in [0.2, 0.25) is 0 Å². The molecule has 0 heterocycles. The minimum absolute atomic E-state index is 0.239. The van der Waals surface area contributed by atoms with Crippen LogP contribution in [0, 0.1) is 11.8 Å². The van der Waals surface area contributed by atoms with E-state index < -0.39 is 0 Å². The van der Waals surface area contributed by atoms with E-state index in [0.29, 0.717) is 0 Å². The molecule has 0 aromatic carbocycles. The van der Waals surface area contributed by atoms with Gasteiger partial charge < -0.3 is 5.73 Å². The SMILES string of the molecule is CCC[C@H]1CC[C@H](C(=O)CN)CC1. The van der Waals surface area contributed by atoms with Crippen molar-refractivity contribution < 1.29 is 4.79 Å². The maximum absolute atomic E-state index is 11.3. The van der Waals surface area contributed by atoms with Gasteiger partial charge in [-0.05, 0) is 31.6 Å². The molecule has 0 unspecified atom stereocenters. The van der Waals surface area contributed by atoms with Gasteiger partial charge in [-0.15, -0.1) is 0 Å². The molecule has 13 heavy (non-hydrogen) atoms. The highest BCUT2D eigenvalue weighted by Crippen LogP contribution is 2.31. The maximum Gasteiger partial charge on any atom is 0.149 e. The Morgan fingerprint density at radius 1 is 1.31 bits per heavy atom. The number of nitrogens with two attached hydrogens (primary N) is 1. The number of Topliss-reactive ketones (excluding diaryl/α,β-unsaturated/α-hetero) is 1. The Morgan fingerprint density at radius 3 is 2.38 bits per heavy atom. The molecule has 0 bridgehead atoms. The van der Waals surface area contributed by atoms with Gasteiger partial charge in [-0.2, -0.15) is 0 Å². The minimum Gasteiger partial charge on any atom is -0.324 e. The summed E-state index contributed by atoms with van der Waals surface area (Å²) < 4.78 is 0. The average molecular weight is 183 g/mol. The van der Waals surface area contributed by atoms with E-state index in [1.54, 1.807) is 0 Å². The van der Waals surface area contributed by atoms with E-state index >= 15 is 0 Å². The van der Waals surface area contributed by atoms with Crippen LogP contribution in [0.3, 0.4) is 0 Å². The summed E-state index contributed by atoms with van der Waals surface area (Å²) >= 11 is 0. The standard InChI is InChI=1S/C11H21NO/c1-2-3-9-4-6-10(7-5-9)11(13)8-12/h9-10H,2-8,12H2,1H3/t9-,10-. The van der Waals surface area contributed by atoms with Crippen LogP contribution in [0.5, 0.6) is 0 Å². The fourth-order valence-corrected chi connectivity index (χ4v) is 2.35. The lowest BCUT2D eigenvalue weighted by Crippen LogP contribution is -2.27. The highest BCUT2D eigenvalue weighted by atomic mass is 16.1. The number of ketones is 1. The van der Waals surface area contributed by atoms with Crippen molar-refractivity contribution in [1.82, 2.24) is 0 Å². The van der Waals surface area contributed by atoms with Crippen molar-refractivity contribution in [3.05, 3.63) is 0 Å². The monoisotopic (exact) mass is 183 g/mol. The van der Waals surface area contributed by atoms with Gasteiger partial charge in [0.15, 0.2) is 0 Å². The van der Waals surface area contributed by atoms with Crippen LogP contribution in [0.25, 0.3) is 0 Å². The van der Waals surface area contributed by atoms with Crippen molar-refractivity contribution in [2.75, 3.05) is 6.54 Å². The van der Waals surface area contributed by atoms with Crippen LogP contribution in [-0.2, 0) is 4.79 Å². The van der Waals surface area contributed by atoms with E-state index in [2.05, 4.69) is 6.92 Å². The summed E-state index contributed by atoms with van der Waals surface area (Å²) in [4.78, 5) is 11.3. The van der Waals surface area contributed by atoms with Crippen molar-refractivity contribution in [1.29, 1.82) is 0 Å². The maximum atomic E-state index is 11.3.